The van der Waals surface area contributed by atoms with Crippen molar-refractivity contribution in [2.45, 2.75) is 19.5 Å². The number of para-hydroxylation sites is 1. The summed E-state index contributed by atoms with van der Waals surface area (Å²) >= 11 is 6.12. The molecule has 1 atom stereocenters. The molecule has 4 rings (SSSR count). The van der Waals surface area contributed by atoms with Crippen molar-refractivity contribution in [1.82, 2.24) is 15.5 Å². The highest BCUT2D eigenvalue weighted by Crippen LogP contribution is 2.38. The van der Waals surface area contributed by atoms with Crippen LogP contribution >= 0.6 is 11.6 Å². The Kier molecular flexibility index (Phi) is 6.32. The Hall–Kier alpha value is -3.52. The maximum atomic E-state index is 12.9. The fourth-order valence-corrected chi connectivity index (χ4v) is 3.96. The lowest BCUT2D eigenvalue weighted by Gasteiger charge is -2.33. The van der Waals surface area contributed by atoms with E-state index in [1.807, 2.05) is 19.1 Å². The third-order valence-corrected chi connectivity index (χ3v) is 5.63. The maximum Gasteiger partial charge on any atom is 0.338 e. The zero-order valence-corrected chi connectivity index (χ0v) is 18.1. The number of carbonyl (C=O) groups excluding carboxylic acids is 3. The molecule has 3 amide bonds. The van der Waals surface area contributed by atoms with Gasteiger partial charge < -0.3 is 20.1 Å². The molecule has 2 N–H and O–H groups in total. The number of hydrogen-bond acceptors (Lipinski definition) is 5. The van der Waals surface area contributed by atoms with Gasteiger partial charge in [0.25, 0.3) is 0 Å². The van der Waals surface area contributed by atoms with Gasteiger partial charge in [0.1, 0.15) is 18.9 Å². The van der Waals surface area contributed by atoms with Crippen molar-refractivity contribution in [3.8, 4) is 5.75 Å². The molecule has 2 aliphatic heterocycles. The Labute approximate surface area is 190 Å². The van der Waals surface area contributed by atoms with E-state index in [0.29, 0.717) is 34.2 Å². The maximum absolute atomic E-state index is 12.9. The summed E-state index contributed by atoms with van der Waals surface area (Å²) in [4.78, 5) is 39.3. The van der Waals surface area contributed by atoms with E-state index in [2.05, 4.69) is 10.6 Å². The Morgan fingerprint density at radius 3 is 2.75 bits per heavy atom. The topological polar surface area (TPSA) is 97.0 Å². The van der Waals surface area contributed by atoms with Crippen molar-refractivity contribution in [3.05, 3.63) is 76.0 Å². The number of rotatable bonds is 7. The largest absolute Gasteiger partial charge is 0.494 e. The van der Waals surface area contributed by atoms with E-state index < -0.39 is 18.0 Å². The molecule has 0 radical (unpaired) electrons. The molecule has 2 aliphatic rings. The monoisotopic (exact) mass is 455 g/mol. The van der Waals surface area contributed by atoms with Crippen LogP contribution in [0.4, 0.5) is 4.79 Å². The van der Waals surface area contributed by atoms with Crippen molar-refractivity contribution in [2.75, 3.05) is 19.8 Å². The van der Waals surface area contributed by atoms with Crippen LogP contribution in [-0.4, -0.2) is 42.6 Å². The number of carbonyl (C=O) groups is 3. The molecule has 32 heavy (non-hydrogen) atoms. The lowest BCUT2D eigenvalue weighted by Crippen LogP contribution is -2.50. The molecule has 2 aromatic rings. The van der Waals surface area contributed by atoms with Gasteiger partial charge in [0.2, 0.25) is 5.91 Å². The molecule has 8 nitrogen and oxygen atoms in total. The molecule has 0 aliphatic carbocycles. The third-order valence-electron chi connectivity index (χ3n) is 5.26. The SMILES string of the molecule is CCOc1ccccc1[C@@H]1NC(=O)N(CC(=O)NCc2ccccc2Cl)C2=C1C(=O)OC2. The Morgan fingerprint density at radius 1 is 1.22 bits per heavy atom. The minimum Gasteiger partial charge on any atom is -0.494 e. The van der Waals surface area contributed by atoms with Crippen LogP contribution in [0.2, 0.25) is 5.02 Å². The summed E-state index contributed by atoms with van der Waals surface area (Å²) in [5, 5.41) is 6.11. The fraction of sp³-hybridized carbons (Fsp3) is 0.261. The van der Waals surface area contributed by atoms with Gasteiger partial charge in [-0.15, -0.1) is 0 Å². The van der Waals surface area contributed by atoms with E-state index >= 15 is 0 Å². The van der Waals surface area contributed by atoms with E-state index in [-0.39, 0.29) is 25.6 Å². The van der Waals surface area contributed by atoms with Gasteiger partial charge in [-0.05, 0) is 24.6 Å². The summed E-state index contributed by atoms with van der Waals surface area (Å²) in [6.07, 6.45) is 0. The normalized spacial score (nSPS) is 17.6. The number of urea groups is 1. The quantitative estimate of drug-likeness (QED) is 0.626. The van der Waals surface area contributed by atoms with Crippen LogP contribution in [0.15, 0.2) is 59.8 Å². The van der Waals surface area contributed by atoms with Gasteiger partial charge in [-0.3, -0.25) is 9.69 Å². The molecule has 0 bridgehead atoms. The van der Waals surface area contributed by atoms with Gasteiger partial charge in [0, 0.05) is 17.1 Å². The number of esters is 1. The fourth-order valence-electron chi connectivity index (χ4n) is 3.75. The van der Waals surface area contributed by atoms with E-state index in [9.17, 15) is 14.4 Å². The third kappa shape index (κ3) is 4.27. The highest BCUT2D eigenvalue weighted by atomic mass is 35.5. The second-order valence-corrected chi connectivity index (χ2v) is 7.65. The number of cyclic esters (lactones) is 1. The second-order valence-electron chi connectivity index (χ2n) is 7.24. The molecular formula is C23H22ClN3O5. The molecule has 9 heteroatoms. The minimum absolute atomic E-state index is 0.0767. The van der Waals surface area contributed by atoms with Gasteiger partial charge in [-0.1, -0.05) is 48.0 Å². The number of benzene rings is 2. The first-order valence-electron chi connectivity index (χ1n) is 10.2. The number of nitrogens with zero attached hydrogens (tertiary/aromatic N) is 1. The smallest absolute Gasteiger partial charge is 0.338 e. The van der Waals surface area contributed by atoms with Gasteiger partial charge in [0.15, 0.2) is 0 Å². The van der Waals surface area contributed by atoms with E-state index in [1.165, 1.54) is 4.90 Å². The minimum atomic E-state index is -0.724. The van der Waals surface area contributed by atoms with Crippen LogP contribution in [-0.2, 0) is 20.9 Å². The lowest BCUT2D eigenvalue weighted by atomic mass is 9.95. The summed E-state index contributed by atoms with van der Waals surface area (Å²) in [6.45, 7) is 2.18. The van der Waals surface area contributed by atoms with Gasteiger partial charge in [0.05, 0.1) is 23.9 Å². The van der Waals surface area contributed by atoms with E-state index in [4.69, 9.17) is 21.1 Å². The molecule has 0 unspecified atom stereocenters. The zero-order chi connectivity index (χ0) is 22.7. The van der Waals surface area contributed by atoms with Gasteiger partial charge in [-0.2, -0.15) is 0 Å². The summed E-state index contributed by atoms with van der Waals surface area (Å²) in [5.74, 6) is -0.352. The summed E-state index contributed by atoms with van der Waals surface area (Å²) < 4.78 is 10.9. The highest BCUT2D eigenvalue weighted by molar-refractivity contribution is 6.31. The highest BCUT2D eigenvalue weighted by Gasteiger charge is 2.43. The average Bonchev–Trinajstić information content (AvgIpc) is 3.17. The molecule has 166 valence electrons. The van der Waals surface area contributed by atoms with Gasteiger partial charge >= 0.3 is 12.0 Å². The number of ether oxygens (including phenoxy) is 2. The number of amides is 3. The standard InChI is InChI=1S/C23H22ClN3O5/c1-2-31-18-10-6-4-8-15(18)21-20-17(13-32-22(20)29)27(23(30)26-21)12-19(28)25-11-14-7-3-5-9-16(14)24/h3-10,21H,2,11-13H2,1H3,(H,25,28)(H,26,30)/t21-/m0/s1. The molecule has 0 saturated carbocycles. The first kappa shape index (κ1) is 21.7. The first-order valence-corrected chi connectivity index (χ1v) is 10.6. The first-order chi connectivity index (χ1) is 15.5. The van der Waals surface area contributed by atoms with Crippen molar-refractivity contribution >= 4 is 29.5 Å². The molecule has 0 fully saturated rings. The summed E-state index contributed by atoms with van der Waals surface area (Å²) in [5.41, 5.74) is 2.09. The van der Waals surface area contributed by atoms with Crippen molar-refractivity contribution in [2.24, 2.45) is 0 Å². The van der Waals surface area contributed by atoms with Crippen molar-refractivity contribution in [1.29, 1.82) is 0 Å². The van der Waals surface area contributed by atoms with Crippen LogP contribution < -0.4 is 15.4 Å². The Bertz CT molecular complexity index is 1100. The van der Waals surface area contributed by atoms with Crippen LogP contribution in [0.3, 0.4) is 0 Å². The summed E-state index contributed by atoms with van der Waals surface area (Å²) in [7, 11) is 0. The van der Waals surface area contributed by atoms with E-state index in [0.717, 1.165) is 5.56 Å². The number of halogens is 1. The Balaban J connectivity index is 1.56. The predicted molar refractivity (Wildman–Crippen MR) is 117 cm³/mol. The summed E-state index contributed by atoms with van der Waals surface area (Å²) in [6, 6.07) is 13.1. The second kappa shape index (κ2) is 9.32. The van der Waals surface area contributed by atoms with Crippen molar-refractivity contribution in [3.63, 3.8) is 0 Å². The molecule has 0 spiro atoms. The van der Waals surface area contributed by atoms with Gasteiger partial charge in [-0.25, -0.2) is 9.59 Å². The number of nitrogens with one attached hydrogen (secondary N) is 2. The van der Waals surface area contributed by atoms with Crippen LogP contribution in [0.5, 0.6) is 5.75 Å². The Morgan fingerprint density at radius 2 is 1.97 bits per heavy atom. The average molecular weight is 456 g/mol. The van der Waals surface area contributed by atoms with Crippen LogP contribution in [0.1, 0.15) is 24.1 Å². The predicted octanol–water partition coefficient (Wildman–Crippen LogP) is 2.93. The lowest BCUT2D eigenvalue weighted by molar-refractivity contribution is -0.136. The number of hydrogen-bond donors (Lipinski definition) is 2. The molecular weight excluding hydrogens is 434 g/mol. The van der Waals surface area contributed by atoms with E-state index in [1.54, 1.807) is 36.4 Å². The molecule has 0 saturated heterocycles. The van der Waals surface area contributed by atoms with Crippen LogP contribution in [0.25, 0.3) is 0 Å². The van der Waals surface area contributed by atoms with Crippen molar-refractivity contribution < 1.29 is 23.9 Å². The molecule has 0 aromatic heterocycles. The zero-order valence-electron chi connectivity index (χ0n) is 17.4. The molecule has 2 heterocycles. The van der Waals surface area contributed by atoms with Crippen LogP contribution in [0, 0.1) is 0 Å². The molecule has 2 aromatic carbocycles.